The smallest absolute Gasteiger partial charge is 0.262 e. The van der Waals surface area contributed by atoms with Gasteiger partial charge in [0.05, 0.1) is 19.0 Å². The monoisotopic (exact) mass is 507 g/mol. The first-order valence-electron chi connectivity index (χ1n) is 11.4. The second-order valence-electron chi connectivity index (χ2n) is 8.79. The number of fused-ring (bicyclic) bond motifs is 2. The Labute approximate surface area is 213 Å². The predicted molar refractivity (Wildman–Crippen MR) is 141 cm³/mol. The Bertz CT molecular complexity index is 1390. The summed E-state index contributed by atoms with van der Waals surface area (Å²) in [6.07, 6.45) is 5.45. The van der Waals surface area contributed by atoms with Gasteiger partial charge in [0.1, 0.15) is 11.2 Å². The molecule has 0 radical (unpaired) electrons. The van der Waals surface area contributed by atoms with Crippen molar-refractivity contribution in [3.8, 4) is 5.75 Å². The molecule has 1 saturated heterocycles. The second-order valence-corrected chi connectivity index (χ2v) is 10.4. The van der Waals surface area contributed by atoms with Crippen LogP contribution in [-0.2, 0) is 11.2 Å². The van der Waals surface area contributed by atoms with Gasteiger partial charge in [-0.05, 0) is 74.4 Å². The number of thioether (sulfide) groups is 1. The number of amides is 1. The third-order valence-corrected chi connectivity index (χ3v) is 7.88. The van der Waals surface area contributed by atoms with Crippen molar-refractivity contribution in [2.45, 2.75) is 38.2 Å². The standard InChI is InChI=1S/C27H26ClN3O3S/c1-15-4-10-22-24(12-15)35-27(29-22)30-25(32)14-20-16(2)31(23-11-9-19(34-3)13-21(20)23)26(33)17-5-7-18(28)8-6-17/h4-9,11-13,22,27,29H,10,14H2,1-3H3,(H,30,32). The van der Waals surface area contributed by atoms with Crippen LogP contribution in [-0.4, -0.2) is 35.0 Å². The Hall–Kier alpha value is -3.00. The van der Waals surface area contributed by atoms with E-state index in [1.54, 1.807) is 47.7 Å². The maximum Gasteiger partial charge on any atom is 0.262 e. The zero-order valence-electron chi connectivity index (χ0n) is 19.7. The van der Waals surface area contributed by atoms with E-state index in [0.717, 1.165) is 28.6 Å². The molecule has 2 aromatic carbocycles. The van der Waals surface area contributed by atoms with Crippen molar-refractivity contribution >= 4 is 46.1 Å². The highest BCUT2D eigenvalue weighted by Crippen LogP contribution is 2.36. The number of carbonyl (C=O) groups excluding carboxylic acids is 2. The summed E-state index contributed by atoms with van der Waals surface area (Å²) in [5, 5.41) is 7.97. The molecule has 1 amide bonds. The molecule has 2 aliphatic rings. The quantitative estimate of drug-likeness (QED) is 0.497. The van der Waals surface area contributed by atoms with Gasteiger partial charge in [-0.15, -0.1) is 0 Å². The molecule has 1 fully saturated rings. The van der Waals surface area contributed by atoms with Crippen LogP contribution in [0.15, 0.2) is 65.1 Å². The minimum atomic E-state index is -0.183. The lowest BCUT2D eigenvalue weighted by Gasteiger charge is -2.15. The Morgan fingerprint density at radius 1 is 1.20 bits per heavy atom. The molecule has 8 heteroatoms. The molecule has 2 unspecified atom stereocenters. The van der Waals surface area contributed by atoms with Crippen LogP contribution < -0.4 is 15.4 Å². The molecule has 35 heavy (non-hydrogen) atoms. The number of aromatic nitrogens is 1. The van der Waals surface area contributed by atoms with Gasteiger partial charge in [0.2, 0.25) is 5.91 Å². The fourth-order valence-electron chi connectivity index (χ4n) is 4.65. The number of hydrogen-bond acceptors (Lipinski definition) is 5. The Morgan fingerprint density at radius 2 is 1.97 bits per heavy atom. The first-order chi connectivity index (χ1) is 16.8. The lowest BCUT2D eigenvalue weighted by Crippen LogP contribution is -2.43. The number of rotatable bonds is 5. The van der Waals surface area contributed by atoms with Crippen molar-refractivity contribution in [1.82, 2.24) is 15.2 Å². The van der Waals surface area contributed by atoms with Gasteiger partial charge >= 0.3 is 0 Å². The third-order valence-electron chi connectivity index (χ3n) is 6.46. The summed E-state index contributed by atoms with van der Waals surface area (Å²) in [6.45, 7) is 3.97. The van der Waals surface area contributed by atoms with Crippen molar-refractivity contribution in [3.05, 3.63) is 86.9 Å². The number of nitrogens with one attached hydrogen (secondary N) is 2. The van der Waals surface area contributed by atoms with Crippen molar-refractivity contribution in [2.24, 2.45) is 0 Å². The Balaban J connectivity index is 1.44. The number of allylic oxidation sites excluding steroid dienone is 2. The van der Waals surface area contributed by atoms with E-state index in [-0.39, 0.29) is 29.8 Å². The molecule has 3 aromatic rings. The largest absolute Gasteiger partial charge is 0.497 e. The van der Waals surface area contributed by atoms with Gasteiger partial charge < -0.3 is 10.1 Å². The summed E-state index contributed by atoms with van der Waals surface area (Å²) >= 11 is 7.66. The van der Waals surface area contributed by atoms with Crippen LogP contribution >= 0.6 is 23.4 Å². The summed E-state index contributed by atoms with van der Waals surface area (Å²) in [5.74, 6) is 0.387. The topological polar surface area (TPSA) is 72.4 Å². The van der Waals surface area contributed by atoms with E-state index in [9.17, 15) is 9.59 Å². The summed E-state index contributed by atoms with van der Waals surface area (Å²) < 4.78 is 7.09. The first kappa shape index (κ1) is 23.7. The predicted octanol–water partition coefficient (Wildman–Crippen LogP) is 5.18. The summed E-state index contributed by atoms with van der Waals surface area (Å²) in [4.78, 5) is 27.8. The highest BCUT2D eigenvalue weighted by atomic mass is 35.5. The van der Waals surface area contributed by atoms with Crippen LogP contribution in [0.25, 0.3) is 10.9 Å². The van der Waals surface area contributed by atoms with E-state index in [1.807, 2.05) is 25.1 Å². The van der Waals surface area contributed by atoms with Gasteiger partial charge in [0, 0.05) is 32.6 Å². The van der Waals surface area contributed by atoms with Gasteiger partial charge in [-0.3, -0.25) is 19.5 Å². The van der Waals surface area contributed by atoms with Crippen LogP contribution in [0.3, 0.4) is 0 Å². The molecule has 1 aromatic heterocycles. The van der Waals surface area contributed by atoms with Crippen molar-refractivity contribution in [3.63, 3.8) is 0 Å². The number of hydrogen-bond donors (Lipinski definition) is 2. The molecule has 180 valence electrons. The molecule has 0 saturated carbocycles. The van der Waals surface area contributed by atoms with E-state index in [0.29, 0.717) is 16.3 Å². The van der Waals surface area contributed by atoms with Crippen LogP contribution in [0.1, 0.15) is 35.0 Å². The molecule has 5 rings (SSSR count). The summed E-state index contributed by atoms with van der Waals surface area (Å²) in [6, 6.07) is 12.6. The van der Waals surface area contributed by atoms with Crippen molar-refractivity contribution in [2.75, 3.05) is 7.11 Å². The number of methoxy groups -OCH3 is 1. The fraction of sp³-hybridized carbons (Fsp3) is 0.259. The number of benzene rings is 2. The normalized spacial score (nSPS) is 19.2. The van der Waals surface area contributed by atoms with Gasteiger partial charge in [-0.2, -0.15) is 0 Å². The average molecular weight is 508 g/mol. The SMILES string of the molecule is COc1ccc2c(c1)c(CC(=O)NC1NC3CC=C(C)C=C3S1)c(C)n2C(=O)c1ccc(Cl)cc1. The van der Waals surface area contributed by atoms with E-state index in [4.69, 9.17) is 16.3 Å². The van der Waals surface area contributed by atoms with E-state index in [1.165, 1.54) is 10.5 Å². The third kappa shape index (κ3) is 4.63. The maximum absolute atomic E-state index is 13.5. The van der Waals surface area contributed by atoms with Gasteiger partial charge in [0.25, 0.3) is 5.91 Å². The van der Waals surface area contributed by atoms with Crippen molar-refractivity contribution in [1.29, 1.82) is 0 Å². The van der Waals surface area contributed by atoms with Gasteiger partial charge in [-0.25, -0.2) is 0 Å². The molecular weight excluding hydrogens is 482 g/mol. The molecule has 2 heterocycles. The molecule has 2 N–H and O–H groups in total. The van der Waals surface area contributed by atoms with Crippen LogP contribution in [0, 0.1) is 6.92 Å². The average Bonchev–Trinajstić information content (AvgIpc) is 3.35. The Kier molecular flexibility index (Phi) is 6.49. The van der Waals surface area contributed by atoms with E-state index < -0.39 is 0 Å². The highest BCUT2D eigenvalue weighted by molar-refractivity contribution is 8.04. The highest BCUT2D eigenvalue weighted by Gasteiger charge is 2.31. The zero-order valence-corrected chi connectivity index (χ0v) is 21.3. The molecule has 6 nitrogen and oxygen atoms in total. The number of carbonyl (C=O) groups is 2. The Morgan fingerprint density at radius 3 is 2.71 bits per heavy atom. The minimum absolute atomic E-state index is 0.108. The van der Waals surface area contributed by atoms with Gasteiger partial charge in [-0.1, -0.05) is 35.0 Å². The molecular formula is C27H26ClN3O3S. The zero-order chi connectivity index (χ0) is 24.7. The lowest BCUT2D eigenvalue weighted by atomic mass is 10.0. The molecule has 2 atom stereocenters. The summed E-state index contributed by atoms with van der Waals surface area (Å²) in [7, 11) is 1.60. The molecule has 1 aliphatic carbocycles. The van der Waals surface area contributed by atoms with Crippen molar-refractivity contribution < 1.29 is 14.3 Å². The minimum Gasteiger partial charge on any atom is -0.497 e. The number of halogens is 1. The summed E-state index contributed by atoms with van der Waals surface area (Å²) in [5.41, 5.74) is 3.85. The number of ether oxygens (including phenoxy) is 1. The second kappa shape index (κ2) is 9.57. The van der Waals surface area contributed by atoms with Crippen LogP contribution in [0.2, 0.25) is 5.02 Å². The van der Waals surface area contributed by atoms with Crippen LogP contribution in [0.4, 0.5) is 0 Å². The molecule has 0 bridgehead atoms. The number of nitrogens with zero attached hydrogens (tertiary/aromatic N) is 1. The van der Waals surface area contributed by atoms with E-state index in [2.05, 4.69) is 29.7 Å². The lowest BCUT2D eigenvalue weighted by molar-refractivity contribution is -0.120. The fourth-order valence-corrected chi connectivity index (χ4v) is 6.05. The van der Waals surface area contributed by atoms with Gasteiger partial charge in [0.15, 0.2) is 0 Å². The molecule has 1 aliphatic heterocycles. The molecule has 0 spiro atoms. The maximum atomic E-state index is 13.5. The van der Waals surface area contributed by atoms with Crippen LogP contribution in [0.5, 0.6) is 5.75 Å². The van der Waals surface area contributed by atoms with E-state index >= 15 is 0 Å². The first-order valence-corrected chi connectivity index (χ1v) is 12.7.